The molecule has 0 aliphatic carbocycles. The van der Waals surface area contributed by atoms with E-state index >= 15 is 0 Å². The van der Waals surface area contributed by atoms with Crippen molar-refractivity contribution in [3.63, 3.8) is 0 Å². The third-order valence-electron chi connectivity index (χ3n) is 4.67. The Kier molecular flexibility index (Phi) is 6.95. The smallest absolute Gasteiger partial charge is 0.410 e. The minimum atomic E-state index is -0.540. The van der Waals surface area contributed by atoms with Crippen LogP contribution in [0, 0.1) is 6.57 Å². The summed E-state index contributed by atoms with van der Waals surface area (Å²) in [6, 6.07) is 3.59. The van der Waals surface area contributed by atoms with Gasteiger partial charge in [0.1, 0.15) is 17.5 Å². The minimum absolute atomic E-state index is 0.0665. The fourth-order valence-corrected chi connectivity index (χ4v) is 3.84. The second kappa shape index (κ2) is 9.31. The molecule has 0 saturated carbocycles. The molecule has 8 heteroatoms. The Bertz CT molecular complexity index is 1010. The van der Waals surface area contributed by atoms with Crippen LogP contribution in [0.4, 0.5) is 10.5 Å². The van der Waals surface area contributed by atoms with Crippen molar-refractivity contribution in [3.8, 4) is 11.6 Å². The molecule has 1 aromatic heterocycles. The van der Waals surface area contributed by atoms with Gasteiger partial charge in [-0.2, -0.15) is 0 Å². The van der Waals surface area contributed by atoms with Crippen LogP contribution in [0.1, 0.15) is 47.5 Å². The molecule has 0 spiro atoms. The Morgan fingerprint density at radius 3 is 2.71 bits per heavy atom. The standard InChI is InChI=1S/C23H28BrN3O4/c1-14(2)29-20-11-17-16(10-19(20)25-6)18(24)12-26-21(17)30-15-8-7-9-27(13-15)22(28)31-23(3,4)5/h10-12,14-15H,7-9,13H2,1-5H3/t15-/m1/s1. The first-order valence-electron chi connectivity index (χ1n) is 10.4. The highest BCUT2D eigenvalue weighted by Gasteiger charge is 2.29. The third-order valence-corrected chi connectivity index (χ3v) is 5.31. The van der Waals surface area contributed by atoms with E-state index in [1.165, 1.54) is 0 Å². The molecule has 1 aliphatic heterocycles. The number of ether oxygens (including phenoxy) is 3. The van der Waals surface area contributed by atoms with E-state index in [2.05, 4.69) is 25.8 Å². The van der Waals surface area contributed by atoms with Crippen molar-refractivity contribution < 1.29 is 19.0 Å². The summed E-state index contributed by atoms with van der Waals surface area (Å²) >= 11 is 3.52. The van der Waals surface area contributed by atoms with Crippen molar-refractivity contribution >= 4 is 38.5 Å². The zero-order valence-corrected chi connectivity index (χ0v) is 20.2. The van der Waals surface area contributed by atoms with E-state index in [0.29, 0.717) is 30.4 Å². The third kappa shape index (κ3) is 5.79. The number of rotatable bonds is 4. The Balaban J connectivity index is 1.88. The van der Waals surface area contributed by atoms with Gasteiger partial charge in [-0.25, -0.2) is 14.6 Å². The summed E-state index contributed by atoms with van der Waals surface area (Å²) in [7, 11) is 0. The first kappa shape index (κ1) is 23.1. The fourth-order valence-electron chi connectivity index (χ4n) is 3.41. The molecule has 7 nitrogen and oxygen atoms in total. The molecule has 31 heavy (non-hydrogen) atoms. The number of aromatic nitrogens is 1. The fraction of sp³-hybridized carbons (Fsp3) is 0.522. The van der Waals surface area contributed by atoms with Crippen molar-refractivity contribution in [2.75, 3.05) is 13.1 Å². The SMILES string of the molecule is [C-]#[N+]c1cc2c(Br)cnc(O[C@@H]3CCCN(C(=O)OC(C)(C)C)C3)c2cc1OC(C)C. The number of carbonyl (C=O) groups is 1. The average Bonchev–Trinajstić information content (AvgIpc) is 2.68. The molecular weight excluding hydrogens is 462 g/mol. The van der Waals surface area contributed by atoms with E-state index in [1.54, 1.807) is 17.2 Å². The largest absolute Gasteiger partial charge is 0.502 e. The lowest BCUT2D eigenvalue weighted by molar-refractivity contribution is 0.00743. The Labute approximate surface area is 191 Å². The summed E-state index contributed by atoms with van der Waals surface area (Å²) in [5.41, 5.74) is -0.102. The van der Waals surface area contributed by atoms with E-state index < -0.39 is 5.60 Å². The number of hydrogen-bond acceptors (Lipinski definition) is 5. The Morgan fingerprint density at radius 2 is 2.06 bits per heavy atom. The van der Waals surface area contributed by atoms with Crippen molar-refractivity contribution in [3.05, 3.63) is 34.2 Å². The van der Waals surface area contributed by atoms with Gasteiger partial charge in [-0.05, 0) is 80.9 Å². The van der Waals surface area contributed by atoms with Crippen LogP contribution >= 0.6 is 15.9 Å². The average molecular weight is 490 g/mol. The second-order valence-electron chi connectivity index (χ2n) is 8.86. The maximum Gasteiger partial charge on any atom is 0.410 e. The van der Waals surface area contributed by atoms with Gasteiger partial charge in [0, 0.05) is 22.6 Å². The Hall–Kier alpha value is -2.53. The van der Waals surface area contributed by atoms with Gasteiger partial charge in [-0.3, -0.25) is 0 Å². The topological polar surface area (TPSA) is 65.2 Å². The molecule has 1 aliphatic rings. The normalized spacial score (nSPS) is 16.8. The van der Waals surface area contributed by atoms with E-state index in [-0.39, 0.29) is 18.3 Å². The van der Waals surface area contributed by atoms with E-state index in [9.17, 15) is 4.79 Å². The van der Waals surface area contributed by atoms with Crippen LogP contribution in [0.25, 0.3) is 15.6 Å². The van der Waals surface area contributed by atoms with Crippen LogP contribution in [-0.2, 0) is 4.74 Å². The number of halogens is 1. The van der Waals surface area contributed by atoms with Gasteiger partial charge in [0.15, 0.2) is 0 Å². The highest BCUT2D eigenvalue weighted by molar-refractivity contribution is 9.10. The number of hydrogen-bond donors (Lipinski definition) is 0. The summed E-state index contributed by atoms with van der Waals surface area (Å²) in [5, 5.41) is 1.58. The lowest BCUT2D eigenvalue weighted by Gasteiger charge is -2.34. The zero-order chi connectivity index (χ0) is 22.8. The number of fused-ring (bicyclic) bond motifs is 1. The number of pyridine rings is 1. The van der Waals surface area contributed by atoms with Gasteiger partial charge >= 0.3 is 6.09 Å². The molecule has 1 amide bonds. The monoisotopic (exact) mass is 489 g/mol. The molecule has 2 aromatic rings. The molecule has 0 N–H and O–H groups in total. The number of piperidine rings is 1. The van der Waals surface area contributed by atoms with E-state index in [1.807, 2.05) is 40.7 Å². The summed E-state index contributed by atoms with van der Waals surface area (Å²) in [6.07, 6.45) is 2.71. The predicted octanol–water partition coefficient (Wildman–Crippen LogP) is 6.11. The Morgan fingerprint density at radius 1 is 1.32 bits per heavy atom. The zero-order valence-electron chi connectivity index (χ0n) is 18.6. The molecule has 1 atom stereocenters. The highest BCUT2D eigenvalue weighted by atomic mass is 79.9. The number of amides is 1. The van der Waals surface area contributed by atoms with Gasteiger partial charge in [-0.15, -0.1) is 0 Å². The summed E-state index contributed by atoms with van der Waals surface area (Å²) in [4.78, 5) is 22.2. The summed E-state index contributed by atoms with van der Waals surface area (Å²) in [6.45, 7) is 18.0. The van der Waals surface area contributed by atoms with Crippen LogP contribution in [0.5, 0.6) is 11.6 Å². The quantitative estimate of drug-likeness (QED) is 0.484. The number of benzene rings is 1. The number of nitrogens with zero attached hydrogens (tertiary/aromatic N) is 3. The van der Waals surface area contributed by atoms with Gasteiger partial charge in [0.25, 0.3) is 0 Å². The molecule has 0 bridgehead atoms. The van der Waals surface area contributed by atoms with Crippen molar-refractivity contribution in [2.45, 2.75) is 65.3 Å². The molecule has 166 valence electrons. The molecule has 2 heterocycles. The van der Waals surface area contributed by atoms with Crippen molar-refractivity contribution in [1.82, 2.24) is 9.88 Å². The molecular formula is C23H28BrN3O4. The van der Waals surface area contributed by atoms with Crippen LogP contribution in [0.15, 0.2) is 22.8 Å². The van der Waals surface area contributed by atoms with Crippen LogP contribution < -0.4 is 9.47 Å². The lowest BCUT2D eigenvalue weighted by Crippen LogP contribution is -2.46. The van der Waals surface area contributed by atoms with Gasteiger partial charge in [0.2, 0.25) is 11.6 Å². The highest BCUT2D eigenvalue weighted by Crippen LogP contribution is 2.39. The van der Waals surface area contributed by atoms with Gasteiger partial charge in [-0.1, -0.05) is 0 Å². The second-order valence-corrected chi connectivity index (χ2v) is 9.72. The van der Waals surface area contributed by atoms with E-state index in [0.717, 1.165) is 28.1 Å². The molecule has 1 saturated heterocycles. The maximum atomic E-state index is 12.5. The molecule has 0 radical (unpaired) electrons. The molecule has 0 unspecified atom stereocenters. The molecule has 1 fully saturated rings. The van der Waals surface area contributed by atoms with Crippen LogP contribution in [0.2, 0.25) is 0 Å². The molecule has 1 aromatic carbocycles. The maximum absolute atomic E-state index is 12.5. The van der Waals surface area contributed by atoms with Gasteiger partial charge in [0.05, 0.1) is 19.2 Å². The minimum Gasteiger partial charge on any atom is -0.502 e. The van der Waals surface area contributed by atoms with Crippen molar-refractivity contribution in [2.24, 2.45) is 0 Å². The number of likely N-dealkylation sites (tertiary alicyclic amines) is 1. The summed E-state index contributed by atoms with van der Waals surface area (Å²) in [5.74, 6) is 0.959. The predicted molar refractivity (Wildman–Crippen MR) is 123 cm³/mol. The van der Waals surface area contributed by atoms with Gasteiger partial charge < -0.3 is 19.1 Å². The van der Waals surface area contributed by atoms with Crippen LogP contribution in [-0.4, -0.2) is 46.9 Å². The van der Waals surface area contributed by atoms with Crippen molar-refractivity contribution in [1.29, 1.82) is 0 Å². The summed E-state index contributed by atoms with van der Waals surface area (Å²) < 4.78 is 18.4. The lowest BCUT2D eigenvalue weighted by atomic mass is 10.1. The van der Waals surface area contributed by atoms with Crippen LogP contribution in [0.3, 0.4) is 0 Å². The first-order valence-corrected chi connectivity index (χ1v) is 11.2. The molecule has 3 rings (SSSR count). The van der Waals surface area contributed by atoms with E-state index in [4.69, 9.17) is 20.8 Å². The number of carbonyl (C=O) groups excluding carboxylic acids is 1. The first-order chi connectivity index (χ1) is 14.6.